The molecule has 0 radical (unpaired) electrons. The Morgan fingerprint density at radius 1 is 1.16 bits per heavy atom. The number of pyridine rings is 1. The van der Waals surface area contributed by atoms with Crippen LogP contribution < -0.4 is 9.64 Å². The van der Waals surface area contributed by atoms with E-state index in [0.29, 0.717) is 65.8 Å². The monoisotopic (exact) mass is 687 g/mol. The molecule has 4 fully saturated rings. The maximum atomic E-state index is 16.7. The number of hydrogen-bond acceptors (Lipinski definition) is 8. The number of nitrogens with zero attached hydrogens (tertiary/aromatic N) is 7. The van der Waals surface area contributed by atoms with E-state index in [2.05, 4.69) is 26.8 Å². The van der Waals surface area contributed by atoms with Crippen molar-refractivity contribution in [1.82, 2.24) is 29.7 Å². The van der Waals surface area contributed by atoms with Gasteiger partial charge < -0.3 is 14.5 Å². The molecule has 4 saturated heterocycles. The molecule has 4 aromatic rings. The summed E-state index contributed by atoms with van der Waals surface area (Å²) < 4.78 is 37.5. The lowest BCUT2D eigenvalue weighted by Gasteiger charge is -2.41. The summed E-state index contributed by atoms with van der Waals surface area (Å²) in [6.07, 6.45) is 7.69. The number of anilines is 1. The number of likely N-dealkylation sites (N-methyl/N-ethyl adjacent to an activating group) is 1. The summed E-state index contributed by atoms with van der Waals surface area (Å²) in [6, 6.07) is 11.5. The first-order chi connectivity index (χ1) is 23.7. The Balaban J connectivity index is 1.09. The second-order valence-electron chi connectivity index (χ2n) is 14.2. The number of amides is 1. The molecule has 0 bridgehead atoms. The summed E-state index contributed by atoms with van der Waals surface area (Å²) in [5, 5.41) is 2.54. The molecule has 9 nitrogen and oxygen atoms in total. The summed E-state index contributed by atoms with van der Waals surface area (Å²) in [5.41, 5.74) is 0.384. The highest BCUT2D eigenvalue weighted by atomic mass is 35.5. The van der Waals surface area contributed by atoms with E-state index in [1.54, 1.807) is 18.3 Å². The SMILES string of the molecule is CN(CC1CN(C(=O)/C=C/[C@H]2CCN2C)C1)c1nc(OCC23CCCN2C[C@H](F)C3)nc2c(F)c(-c3cccc4cccc(Cl)c34)ncc12. The van der Waals surface area contributed by atoms with Gasteiger partial charge >= 0.3 is 6.01 Å². The van der Waals surface area contributed by atoms with Crippen LogP contribution in [-0.2, 0) is 4.79 Å². The maximum absolute atomic E-state index is 16.7. The molecule has 1 unspecified atom stereocenters. The topological polar surface area (TPSA) is 77.9 Å². The van der Waals surface area contributed by atoms with E-state index in [-0.39, 0.29) is 35.7 Å². The van der Waals surface area contributed by atoms with Gasteiger partial charge in [-0.1, -0.05) is 48.0 Å². The molecule has 0 spiro atoms. The smallest absolute Gasteiger partial charge is 0.319 e. The molecule has 49 heavy (non-hydrogen) atoms. The number of halogens is 3. The van der Waals surface area contributed by atoms with Crippen LogP contribution >= 0.6 is 11.6 Å². The zero-order valence-electron chi connectivity index (χ0n) is 27.8. The Kier molecular flexibility index (Phi) is 8.40. The van der Waals surface area contributed by atoms with Gasteiger partial charge in [0.1, 0.15) is 29.8 Å². The molecule has 4 aliphatic heterocycles. The number of fused-ring (bicyclic) bond motifs is 3. The van der Waals surface area contributed by atoms with Crippen molar-refractivity contribution in [3.8, 4) is 17.3 Å². The molecule has 2 aromatic heterocycles. The average molecular weight is 688 g/mol. The third-order valence-corrected chi connectivity index (χ3v) is 11.3. The number of aromatic nitrogens is 3. The standard InChI is InChI=1S/C37H40ClF2N7O2/c1-44-15-12-26(44)10-11-30(48)46-19-23(20-46)18-45(2)35-28-17-41-33(27-8-3-6-24-7-4-9-29(38)31(24)27)32(40)34(28)42-36(43-35)49-22-37-13-5-14-47(37)21-25(39)16-37/h3-4,6-11,17,23,25-26H,5,12-16,18-22H2,1-2H3/b11-10+/t25-,26+,37?/m1/s1. The molecule has 0 saturated carbocycles. The molecule has 3 atom stereocenters. The van der Waals surface area contributed by atoms with Crippen LogP contribution in [0.4, 0.5) is 14.6 Å². The van der Waals surface area contributed by atoms with Crippen LogP contribution in [0, 0.1) is 11.7 Å². The maximum Gasteiger partial charge on any atom is 0.319 e. The largest absolute Gasteiger partial charge is 0.461 e. The van der Waals surface area contributed by atoms with Crippen molar-refractivity contribution in [3.63, 3.8) is 0 Å². The summed E-state index contributed by atoms with van der Waals surface area (Å²) in [7, 11) is 3.96. The molecule has 1 amide bonds. The molecule has 12 heteroatoms. The summed E-state index contributed by atoms with van der Waals surface area (Å²) in [6.45, 7) is 4.37. The fourth-order valence-electron chi connectivity index (χ4n) is 8.12. The van der Waals surface area contributed by atoms with Gasteiger partial charge in [0.15, 0.2) is 5.82 Å². The molecule has 6 heterocycles. The number of likely N-dealkylation sites (tertiary alicyclic amines) is 2. The van der Waals surface area contributed by atoms with Crippen LogP contribution in [0.2, 0.25) is 5.02 Å². The van der Waals surface area contributed by atoms with Gasteiger partial charge in [-0.3, -0.25) is 19.6 Å². The predicted molar refractivity (Wildman–Crippen MR) is 187 cm³/mol. The molecular formula is C37H40ClF2N7O2. The first-order valence-electron chi connectivity index (χ1n) is 17.1. The van der Waals surface area contributed by atoms with E-state index in [1.165, 1.54) is 0 Å². The van der Waals surface area contributed by atoms with E-state index in [0.717, 1.165) is 37.7 Å². The lowest BCUT2D eigenvalue weighted by Crippen LogP contribution is -2.53. The van der Waals surface area contributed by atoms with E-state index in [4.69, 9.17) is 21.3 Å². The van der Waals surface area contributed by atoms with Crippen molar-refractivity contribution in [2.75, 3.05) is 64.9 Å². The molecule has 0 aliphatic carbocycles. The molecule has 2 aromatic carbocycles. The zero-order chi connectivity index (χ0) is 33.9. The predicted octanol–water partition coefficient (Wildman–Crippen LogP) is 5.75. The second-order valence-corrected chi connectivity index (χ2v) is 14.6. The Labute approximate surface area is 289 Å². The highest BCUT2D eigenvalue weighted by Gasteiger charge is 2.49. The third-order valence-electron chi connectivity index (χ3n) is 11.0. The Morgan fingerprint density at radius 2 is 1.98 bits per heavy atom. The highest BCUT2D eigenvalue weighted by molar-refractivity contribution is 6.36. The van der Waals surface area contributed by atoms with Gasteiger partial charge in [-0.2, -0.15) is 9.97 Å². The van der Waals surface area contributed by atoms with Crippen LogP contribution in [-0.4, -0.2) is 113 Å². The van der Waals surface area contributed by atoms with E-state index in [9.17, 15) is 9.18 Å². The zero-order valence-corrected chi connectivity index (χ0v) is 28.5. The minimum absolute atomic E-state index is 0.0254. The fourth-order valence-corrected chi connectivity index (χ4v) is 8.41. The first-order valence-corrected chi connectivity index (χ1v) is 17.5. The summed E-state index contributed by atoms with van der Waals surface area (Å²) >= 11 is 6.61. The van der Waals surface area contributed by atoms with Gasteiger partial charge in [0.05, 0.1) is 10.9 Å². The van der Waals surface area contributed by atoms with Crippen LogP contribution in [0.1, 0.15) is 25.7 Å². The minimum Gasteiger partial charge on any atom is -0.461 e. The van der Waals surface area contributed by atoms with Crippen LogP contribution in [0.15, 0.2) is 54.7 Å². The van der Waals surface area contributed by atoms with Crippen molar-refractivity contribution < 1.29 is 18.3 Å². The van der Waals surface area contributed by atoms with Crippen molar-refractivity contribution in [2.45, 2.75) is 43.4 Å². The quantitative estimate of drug-likeness (QED) is 0.206. The molecule has 8 rings (SSSR count). The van der Waals surface area contributed by atoms with E-state index < -0.39 is 17.5 Å². The summed E-state index contributed by atoms with van der Waals surface area (Å²) in [5.74, 6) is 0.130. The number of rotatable bonds is 9. The number of alkyl halides is 1. The van der Waals surface area contributed by atoms with Crippen molar-refractivity contribution >= 4 is 45.0 Å². The number of carbonyl (C=O) groups excluding carboxylic acids is 1. The molecule has 256 valence electrons. The average Bonchev–Trinajstić information content (AvgIpc) is 3.60. The number of hydrogen-bond donors (Lipinski definition) is 0. The summed E-state index contributed by atoms with van der Waals surface area (Å²) in [4.78, 5) is 35.0. The van der Waals surface area contributed by atoms with E-state index in [1.807, 2.05) is 53.3 Å². The Bertz CT molecular complexity index is 1950. The Morgan fingerprint density at radius 3 is 2.76 bits per heavy atom. The van der Waals surface area contributed by atoms with Gasteiger partial charge in [0.25, 0.3) is 0 Å². The van der Waals surface area contributed by atoms with Crippen LogP contribution in [0.3, 0.4) is 0 Å². The van der Waals surface area contributed by atoms with E-state index >= 15 is 4.39 Å². The van der Waals surface area contributed by atoms with Gasteiger partial charge in [0.2, 0.25) is 5.91 Å². The number of benzene rings is 2. The lowest BCUT2D eigenvalue weighted by molar-refractivity contribution is -0.131. The van der Waals surface area contributed by atoms with Gasteiger partial charge in [-0.15, -0.1) is 0 Å². The lowest BCUT2D eigenvalue weighted by atomic mass is 9.95. The van der Waals surface area contributed by atoms with Crippen molar-refractivity contribution in [1.29, 1.82) is 0 Å². The van der Waals surface area contributed by atoms with Gasteiger partial charge in [-0.05, 0) is 44.3 Å². The Hall–Kier alpha value is -3.93. The molecule has 4 aliphatic rings. The molecular weight excluding hydrogens is 648 g/mol. The highest BCUT2D eigenvalue weighted by Crippen LogP contribution is 2.41. The van der Waals surface area contributed by atoms with Gasteiger partial charge in [-0.25, -0.2) is 8.78 Å². The third kappa shape index (κ3) is 5.89. The second kappa shape index (κ2) is 12.8. The van der Waals surface area contributed by atoms with Crippen LogP contribution in [0.25, 0.3) is 32.9 Å². The normalized spacial score (nSPS) is 24.5. The van der Waals surface area contributed by atoms with Crippen molar-refractivity contribution in [3.05, 3.63) is 65.6 Å². The van der Waals surface area contributed by atoms with Crippen LogP contribution in [0.5, 0.6) is 6.01 Å². The number of ether oxygens (including phenoxy) is 1. The fraction of sp³-hybridized carbons (Fsp3) is 0.459. The first kappa shape index (κ1) is 32.3. The van der Waals surface area contributed by atoms with Crippen molar-refractivity contribution in [2.24, 2.45) is 5.92 Å². The minimum atomic E-state index is -0.898. The van der Waals surface area contributed by atoms with Gasteiger partial charge in [0, 0.05) is 86.4 Å². The number of carbonyl (C=O) groups is 1. The molecule has 0 N–H and O–H groups in total.